The van der Waals surface area contributed by atoms with Gasteiger partial charge in [0.1, 0.15) is 17.1 Å². The molecular weight excluding hydrogens is 114 g/mol. The van der Waals surface area contributed by atoms with Gasteiger partial charge in [0, 0.05) is 12.5 Å². The summed E-state index contributed by atoms with van der Waals surface area (Å²) in [5.74, 6) is 0. The van der Waals surface area contributed by atoms with Gasteiger partial charge in [0.25, 0.3) is 0 Å². The first-order chi connectivity index (χ1) is 4.34. The van der Waals surface area contributed by atoms with Crippen LogP contribution in [-0.4, -0.2) is 0 Å². The lowest BCUT2D eigenvalue weighted by atomic mass is 10.4. The number of nitrogens with zero attached hydrogens (tertiary/aromatic N) is 2. The summed E-state index contributed by atoms with van der Waals surface area (Å²) in [6.45, 7) is 1.90. The van der Waals surface area contributed by atoms with E-state index < -0.39 is 0 Å². The van der Waals surface area contributed by atoms with Gasteiger partial charge < -0.3 is 0 Å². The van der Waals surface area contributed by atoms with Crippen LogP contribution in [0.2, 0.25) is 0 Å². The van der Waals surface area contributed by atoms with E-state index in [1.807, 2.05) is 25.1 Å². The maximum atomic E-state index is 6.67. The van der Waals surface area contributed by atoms with E-state index in [0.717, 1.165) is 5.69 Å². The van der Waals surface area contributed by atoms with Gasteiger partial charge in [-0.1, -0.05) is 6.07 Å². The first-order valence-corrected chi connectivity index (χ1v) is 2.69. The van der Waals surface area contributed by atoms with Gasteiger partial charge in [0.05, 0.1) is 0 Å². The van der Waals surface area contributed by atoms with Crippen LogP contribution in [0.15, 0.2) is 29.6 Å². The molecule has 46 valence electrons. The highest BCUT2D eigenvalue weighted by molar-refractivity contribution is 4.93. The van der Waals surface area contributed by atoms with Crippen molar-refractivity contribution in [2.24, 2.45) is 5.22 Å². The van der Waals surface area contributed by atoms with Crippen LogP contribution in [0, 0.1) is 12.5 Å². The molecule has 0 spiro atoms. The van der Waals surface area contributed by atoms with Gasteiger partial charge in [0.15, 0.2) is 0 Å². The van der Waals surface area contributed by atoms with Crippen LogP contribution in [-0.2, 0) is 0 Å². The fraction of sp³-hybridized carbons (Fsp3) is 0.167. The van der Waals surface area contributed by atoms with Gasteiger partial charge in [-0.25, -0.2) is 0 Å². The van der Waals surface area contributed by atoms with Crippen molar-refractivity contribution in [3.8, 4) is 0 Å². The summed E-state index contributed by atoms with van der Waals surface area (Å²) in [5, 5.41) is 3.24. The number of pyridine rings is 1. The molecule has 1 N–H and O–H groups in total. The number of nitrogens with one attached hydrogen (secondary N) is 1. The zero-order valence-electron chi connectivity index (χ0n) is 5.20. The van der Waals surface area contributed by atoms with Crippen molar-refractivity contribution in [3.05, 3.63) is 30.1 Å². The van der Waals surface area contributed by atoms with E-state index in [1.54, 1.807) is 6.20 Å². The molecule has 3 nitrogen and oxygen atoms in total. The summed E-state index contributed by atoms with van der Waals surface area (Å²) in [7, 11) is 0. The second-order valence-corrected chi connectivity index (χ2v) is 1.79. The first kappa shape index (κ1) is 5.88. The Labute approximate surface area is 53.4 Å². The molecule has 0 aliphatic rings. The number of aromatic nitrogens is 1. The van der Waals surface area contributed by atoms with E-state index in [9.17, 15) is 0 Å². The summed E-state index contributed by atoms with van der Waals surface area (Å²) < 4.78 is 1.50. The van der Waals surface area contributed by atoms with Crippen LogP contribution in [0.4, 0.5) is 0 Å². The Kier molecular flexibility index (Phi) is 1.53. The highest BCUT2D eigenvalue weighted by atomic mass is 15.4. The molecule has 1 aromatic rings. The fourth-order valence-corrected chi connectivity index (χ4v) is 0.632. The number of rotatable bonds is 1. The Morgan fingerprint density at radius 1 is 1.56 bits per heavy atom. The molecule has 0 bridgehead atoms. The molecule has 1 heterocycles. The predicted molar refractivity (Wildman–Crippen MR) is 31.9 cm³/mol. The monoisotopic (exact) mass is 122 g/mol. The molecule has 0 radical (unpaired) electrons. The molecule has 9 heavy (non-hydrogen) atoms. The highest BCUT2D eigenvalue weighted by Gasteiger charge is 1.93. The van der Waals surface area contributed by atoms with Crippen LogP contribution in [0.5, 0.6) is 0 Å². The lowest BCUT2D eigenvalue weighted by Crippen LogP contribution is -2.28. The Hall–Kier alpha value is -1.25. The Morgan fingerprint density at radius 3 is 2.78 bits per heavy atom. The van der Waals surface area contributed by atoms with Gasteiger partial charge in [-0.05, 0) is 12.1 Å². The minimum absolute atomic E-state index is 0.965. The minimum atomic E-state index is 0.965. The van der Waals surface area contributed by atoms with Crippen molar-refractivity contribution in [3.63, 3.8) is 0 Å². The highest BCUT2D eigenvalue weighted by Crippen LogP contribution is 1.85. The minimum Gasteiger partial charge on any atom is -0.107 e. The molecule has 3 heteroatoms. The van der Waals surface area contributed by atoms with Crippen molar-refractivity contribution in [2.45, 2.75) is 6.92 Å². The van der Waals surface area contributed by atoms with Gasteiger partial charge in [-0.2, -0.15) is 0 Å². The van der Waals surface area contributed by atoms with E-state index in [0.29, 0.717) is 0 Å². The lowest BCUT2D eigenvalue weighted by molar-refractivity contribution is -0.694. The normalized spacial score (nSPS) is 9.00. The van der Waals surface area contributed by atoms with E-state index in [-0.39, 0.29) is 0 Å². The van der Waals surface area contributed by atoms with Crippen LogP contribution >= 0.6 is 0 Å². The van der Waals surface area contributed by atoms with E-state index in [4.69, 9.17) is 5.53 Å². The van der Waals surface area contributed by atoms with E-state index in [2.05, 4.69) is 5.22 Å². The fourth-order valence-electron chi connectivity index (χ4n) is 0.632. The Bertz CT molecular complexity index is 219. The molecule has 0 atom stereocenters. The third kappa shape index (κ3) is 1.10. The molecule has 0 saturated carbocycles. The van der Waals surface area contributed by atoms with Crippen molar-refractivity contribution in [1.29, 1.82) is 5.53 Å². The summed E-state index contributed by atoms with van der Waals surface area (Å²) >= 11 is 0. The van der Waals surface area contributed by atoms with Crippen LogP contribution < -0.4 is 4.68 Å². The zero-order valence-corrected chi connectivity index (χ0v) is 5.20. The Morgan fingerprint density at radius 2 is 2.33 bits per heavy atom. The molecule has 1 aromatic heterocycles. The van der Waals surface area contributed by atoms with Crippen molar-refractivity contribution in [1.82, 2.24) is 0 Å². The molecule has 0 amide bonds. The zero-order chi connectivity index (χ0) is 6.69. The van der Waals surface area contributed by atoms with Crippen molar-refractivity contribution in [2.75, 3.05) is 0 Å². The quantitative estimate of drug-likeness (QED) is 0.427. The third-order valence-corrected chi connectivity index (χ3v) is 1.14. The predicted octanol–water partition coefficient (Wildman–Crippen LogP) is 1.08. The van der Waals surface area contributed by atoms with Crippen LogP contribution in [0.1, 0.15) is 5.69 Å². The molecule has 0 aliphatic carbocycles. The number of aryl methyl sites for hydroxylation is 1. The van der Waals surface area contributed by atoms with E-state index in [1.165, 1.54) is 4.68 Å². The summed E-state index contributed by atoms with van der Waals surface area (Å²) in [4.78, 5) is 0. The maximum Gasteiger partial charge on any atom is 0.134 e. The molecule has 0 fully saturated rings. The molecule has 1 rings (SSSR count). The van der Waals surface area contributed by atoms with Gasteiger partial charge in [0.2, 0.25) is 0 Å². The average Bonchev–Trinajstić information content (AvgIpc) is 1.89. The average molecular weight is 122 g/mol. The second kappa shape index (κ2) is 2.35. The van der Waals surface area contributed by atoms with Crippen LogP contribution in [0.25, 0.3) is 0 Å². The SMILES string of the molecule is Cc1cccc[n+]1N=N. The number of hydrogen-bond donors (Lipinski definition) is 1. The van der Waals surface area contributed by atoms with E-state index >= 15 is 0 Å². The van der Waals surface area contributed by atoms with Gasteiger partial charge in [-0.3, -0.25) is 0 Å². The van der Waals surface area contributed by atoms with Gasteiger partial charge in [-0.15, -0.1) is 4.68 Å². The number of hydrogen-bond acceptors (Lipinski definition) is 2. The molecule has 0 aromatic carbocycles. The first-order valence-electron chi connectivity index (χ1n) is 2.69. The lowest BCUT2D eigenvalue weighted by Gasteiger charge is -1.88. The van der Waals surface area contributed by atoms with Crippen molar-refractivity contribution < 1.29 is 4.68 Å². The summed E-state index contributed by atoms with van der Waals surface area (Å²) in [5.41, 5.74) is 7.64. The molecule has 0 saturated heterocycles. The molecular formula is C6H8N3+. The summed E-state index contributed by atoms with van der Waals surface area (Å²) in [6.07, 6.45) is 1.74. The molecule has 0 aliphatic heterocycles. The van der Waals surface area contributed by atoms with Gasteiger partial charge >= 0.3 is 0 Å². The smallest absolute Gasteiger partial charge is 0.107 e. The summed E-state index contributed by atoms with van der Waals surface area (Å²) in [6, 6.07) is 5.65. The third-order valence-electron chi connectivity index (χ3n) is 1.14. The largest absolute Gasteiger partial charge is 0.134 e. The van der Waals surface area contributed by atoms with Crippen molar-refractivity contribution >= 4 is 0 Å². The second-order valence-electron chi connectivity index (χ2n) is 1.79. The standard InChI is InChI=1S/C6H8N3/c1-6-4-2-3-5-9(6)8-7/h2-5,7H,1H3/q+1. The Balaban J connectivity index is 3.15. The topological polar surface area (TPSA) is 40.1 Å². The maximum absolute atomic E-state index is 6.67. The molecule has 0 unspecified atom stereocenters. The van der Waals surface area contributed by atoms with Crippen LogP contribution in [0.3, 0.4) is 0 Å².